The number of piperidine rings is 1. The minimum Gasteiger partial charge on any atom is -0.326 e. The van der Waals surface area contributed by atoms with Crippen LogP contribution in [0.4, 0.5) is 0 Å². The summed E-state index contributed by atoms with van der Waals surface area (Å²) in [5.74, 6) is 0. The van der Waals surface area contributed by atoms with Crippen molar-refractivity contribution in [1.82, 2.24) is 4.90 Å². The van der Waals surface area contributed by atoms with E-state index in [1.807, 2.05) is 12.1 Å². The molecule has 1 heterocycles. The van der Waals surface area contributed by atoms with E-state index < -0.39 is 0 Å². The lowest BCUT2D eigenvalue weighted by atomic mass is 9.82. The minimum absolute atomic E-state index is 0.171. The van der Waals surface area contributed by atoms with Gasteiger partial charge in [-0.05, 0) is 48.9 Å². The molecule has 1 fully saturated rings. The van der Waals surface area contributed by atoms with E-state index in [4.69, 9.17) is 17.3 Å². The van der Waals surface area contributed by atoms with Crippen molar-refractivity contribution in [3.8, 4) is 0 Å². The van der Waals surface area contributed by atoms with Gasteiger partial charge in [0.25, 0.3) is 0 Å². The number of benzene rings is 1. The number of halogens is 1. The van der Waals surface area contributed by atoms with Crippen LogP contribution in [0.15, 0.2) is 24.3 Å². The first kappa shape index (κ1) is 15.8. The Morgan fingerprint density at radius 1 is 1.30 bits per heavy atom. The monoisotopic (exact) mass is 294 g/mol. The molecule has 0 radical (unpaired) electrons. The van der Waals surface area contributed by atoms with Crippen molar-refractivity contribution in [1.29, 1.82) is 0 Å². The zero-order valence-corrected chi connectivity index (χ0v) is 13.7. The van der Waals surface area contributed by atoms with Crippen LogP contribution in [0.25, 0.3) is 0 Å². The fraction of sp³-hybridized carbons (Fsp3) is 0.647. The summed E-state index contributed by atoms with van der Waals surface area (Å²) in [5.41, 5.74) is 8.11. The van der Waals surface area contributed by atoms with Crippen molar-refractivity contribution in [2.24, 2.45) is 11.1 Å². The third kappa shape index (κ3) is 3.75. The Hall–Kier alpha value is -0.570. The molecule has 2 atom stereocenters. The molecule has 0 spiro atoms. The lowest BCUT2D eigenvalue weighted by molar-refractivity contribution is 0.0657. The molecule has 2 nitrogen and oxygen atoms in total. The Labute approximate surface area is 128 Å². The molecule has 0 bridgehead atoms. The van der Waals surface area contributed by atoms with E-state index in [0.717, 1.165) is 24.5 Å². The second-order valence-corrected chi connectivity index (χ2v) is 7.24. The molecule has 20 heavy (non-hydrogen) atoms. The Morgan fingerprint density at radius 2 is 1.95 bits per heavy atom. The van der Waals surface area contributed by atoms with Crippen LogP contribution in [0.2, 0.25) is 5.02 Å². The van der Waals surface area contributed by atoms with Crippen molar-refractivity contribution in [2.45, 2.75) is 52.1 Å². The van der Waals surface area contributed by atoms with Gasteiger partial charge >= 0.3 is 0 Å². The molecule has 0 saturated carbocycles. The van der Waals surface area contributed by atoms with Gasteiger partial charge in [-0.3, -0.25) is 4.90 Å². The topological polar surface area (TPSA) is 29.3 Å². The molecule has 1 aliphatic rings. The van der Waals surface area contributed by atoms with Gasteiger partial charge in [-0.15, -0.1) is 0 Å². The molecule has 2 unspecified atom stereocenters. The third-order valence-corrected chi connectivity index (χ3v) is 4.66. The average Bonchev–Trinajstić information content (AvgIpc) is 2.40. The Balaban J connectivity index is 2.25. The van der Waals surface area contributed by atoms with E-state index in [9.17, 15) is 0 Å². The lowest BCUT2D eigenvalue weighted by Gasteiger charge is -2.44. The van der Waals surface area contributed by atoms with Crippen LogP contribution in [0.5, 0.6) is 0 Å². The maximum absolute atomic E-state index is 6.43. The largest absolute Gasteiger partial charge is 0.326 e. The number of nitrogens with two attached hydrogens (primary N) is 1. The molecule has 0 aromatic heterocycles. The van der Waals surface area contributed by atoms with Crippen molar-refractivity contribution in [3.05, 3.63) is 34.9 Å². The summed E-state index contributed by atoms with van der Waals surface area (Å²) in [7, 11) is 0. The quantitative estimate of drug-likeness (QED) is 0.900. The molecule has 112 valence electrons. The van der Waals surface area contributed by atoms with Crippen LogP contribution in [0.1, 0.15) is 51.6 Å². The molecule has 1 aromatic rings. The van der Waals surface area contributed by atoms with Crippen molar-refractivity contribution in [2.75, 3.05) is 13.1 Å². The first-order valence-corrected chi connectivity index (χ1v) is 8.06. The second kappa shape index (κ2) is 6.46. The van der Waals surface area contributed by atoms with Gasteiger partial charge in [0.05, 0.1) is 0 Å². The maximum Gasteiger partial charge on any atom is 0.0499 e. The van der Waals surface area contributed by atoms with Crippen LogP contribution >= 0.6 is 11.6 Å². The van der Waals surface area contributed by atoms with Crippen LogP contribution in [0.3, 0.4) is 0 Å². The standard InChI is InChI=1S/C17H27ClN2/c1-4-15(19)16(13-6-8-14(18)9-7-13)20-11-5-10-17(2,3)12-20/h6-9,15-16H,4-5,10-12,19H2,1-3H3. The zero-order chi connectivity index (χ0) is 14.8. The van der Waals surface area contributed by atoms with E-state index >= 15 is 0 Å². The highest BCUT2D eigenvalue weighted by molar-refractivity contribution is 6.30. The van der Waals surface area contributed by atoms with Gasteiger partial charge in [-0.2, -0.15) is 0 Å². The summed E-state index contributed by atoms with van der Waals surface area (Å²) >= 11 is 6.02. The van der Waals surface area contributed by atoms with Crippen LogP contribution < -0.4 is 5.73 Å². The lowest BCUT2D eigenvalue weighted by Crippen LogP contribution is -2.47. The van der Waals surface area contributed by atoms with Crippen LogP contribution in [-0.4, -0.2) is 24.0 Å². The fourth-order valence-corrected chi connectivity index (χ4v) is 3.44. The van der Waals surface area contributed by atoms with Gasteiger partial charge in [0.15, 0.2) is 0 Å². The van der Waals surface area contributed by atoms with Crippen LogP contribution in [0, 0.1) is 5.41 Å². The molecule has 0 amide bonds. The maximum atomic E-state index is 6.43. The molecular weight excluding hydrogens is 268 g/mol. The minimum atomic E-state index is 0.171. The molecule has 1 saturated heterocycles. The van der Waals surface area contributed by atoms with Crippen molar-refractivity contribution >= 4 is 11.6 Å². The summed E-state index contributed by atoms with van der Waals surface area (Å²) in [6.45, 7) is 9.15. The molecule has 2 rings (SSSR count). The zero-order valence-electron chi connectivity index (χ0n) is 12.9. The predicted octanol–water partition coefficient (Wildman–Crippen LogP) is 4.24. The number of rotatable bonds is 4. The van der Waals surface area contributed by atoms with E-state index in [1.54, 1.807) is 0 Å². The molecule has 1 aromatic carbocycles. The summed E-state index contributed by atoms with van der Waals surface area (Å²) in [5, 5.41) is 0.788. The number of hydrogen-bond acceptors (Lipinski definition) is 2. The number of hydrogen-bond donors (Lipinski definition) is 1. The van der Waals surface area contributed by atoms with E-state index in [1.165, 1.54) is 18.4 Å². The summed E-state index contributed by atoms with van der Waals surface area (Å²) in [4.78, 5) is 2.57. The van der Waals surface area contributed by atoms with Gasteiger partial charge in [-0.1, -0.05) is 44.5 Å². The second-order valence-electron chi connectivity index (χ2n) is 6.81. The first-order chi connectivity index (χ1) is 9.43. The van der Waals surface area contributed by atoms with Gasteiger partial charge in [0, 0.05) is 23.7 Å². The van der Waals surface area contributed by atoms with E-state index in [2.05, 4.69) is 37.8 Å². The fourth-order valence-electron chi connectivity index (χ4n) is 3.32. The number of nitrogens with zero attached hydrogens (tertiary/aromatic N) is 1. The van der Waals surface area contributed by atoms with E-state index in [0.29, 0.717) is 11.5 Å². The molecule has 3 heteroatoms. The molecule has 1 aliphatic heterocycles. The Bertz CT molecular complexity index is 427. The number of likely N-dealkylation sites (tertiary alicyclic amines) is 1. The summed E-state index contributed by atoms with van der Waals surface area (Å²) in [6, 6.07) is 8.68. The third-order valence-electron chi connectivity index (χ3n) is 4.41. The molecule has 0 aliphatic carbocycles. The van der Waals surface area contributed by atoms with Gasteiger partial charge < -0.3 is 5.73 Å². The Morgan fingerprint density at radius 3 is 2.50 bits per heavy atom. The average molecular weight is 295 g/mol. The van der Waals surface area contributed by atoms with E-state index in [-0.39, 0.29) is 6.04 Å². The van der Waals surface area contributed by atoms with Gasteiger partial charge in [0.2, 0.25) is 0 Å². The molecule has 2 N–H and O–H groups in total. The highest BCUT2D eigenvalue weighted by atomic mass is 35.5. The van der Waals surface area contributed by atoms with Gasteiger partial charge in [-0.25, -0.2) is 0 Å². The summed E-state index contributed by atoms with van der Waals surface area (Å²) < 4.78 is 0. The highest BCUT2D eigenvalue weighted by Gasteiger charge is 2.33. The smallest absolute Gasteiger partial charge is 0.0499 e. The Kier molecular flexibility index (Phi) is 5.11. The summed E-state index contributed by atoms with van der Waals surface area (Å²) in [6.07, 6.45) is 3.55. The normalized spacial score (nSPS) is 22.4. The predicted molar refractivity (Wildman–Crippen MR) is 87.0 cm³/mol. The first-order valence-electron chi connectivity index (χ1n) is 7.68. The highest BCUT2D eigenvalue weighted by Crippen LogP contribution is 2.35. The molecular formula is C17H27ClN2. The van der Waals surface area contributed by atoms with Crippen molar-refractivity contribution in [3.63, 3.8) is 0 Å². The van der Waals surface area contributed by atoms with Crippen molar-refractivity contribution < 1.29 is 0 Å². The van der Waals surface area contributed by atoms with Gasteiger partial charge in [0.1, 0.15) is 0 Å². The SMILES string of the molecule is CCC(N)C(c1ccc(Cl)cc1)N1CCCC(C)(C)C1. The van der Waals surface area contributed by atoms with Crippen LogP contribution in [-0.2, 0) is 0 Å².